The van der Waals surface area contributed by atoms with Gasteiger partial charge in [-0.25, -0.2) is 0 Å². The van der Waals surface area contributed by atoms with Crippen molar-refractivity contribution in [3.63, 3.8) is 0 Å². The van der Waals surface area contributed by atoms with Crippen LogP contribution >= 0.6 is 0 Å². The molecule has 0 spiro atoms. The molecule has 2 aromatic rings. The second kappa shape index (κ2) is 8.23. The molecule has 1 aliphatic rings. The maximum atomic E-state index is 12.3. The van der Waals surface area contributed by atoms with Crippen LogP contribution in [-0.2, 0) is 4.79 Å². The summed E-state index contributed by atoms with van der Waals surface area (Å²) in [5.74, 6) is 2.15. The Morgan fingerprint density at radius 3 is 2.52 bits per heavy atom. The van der Waals surface area contributed by atoms with Gasteiger partial charge >= 0.3 is 0 Å². The Morgan fingerprint density at radius 2 is 1.81 bits per heavy atom. The van der Waals surface area contributed by atoms with E-state index in [2.05, 4.69) is 31.8 Å². The molecule has 7 nitrogen and oxygen atoms in total. The minimum absolute atomic E-state index is 0.154. The summed E-state index contributed by atoms with van der Waals surface area (Å²) in [5, 5.41) is 13.6. The minimum Gasteiger partial charge on any atom is -0.326 e. The summed E-state index contributed by atoms with van der Waals surface area (Å²) >= 11 is 0. The van der Waals surface area contributed by atoms with Crippen LogP contribution in [0.4, 0.5) is 11.4 Å². The Kier molecular flexibility index (Phi) is 5.57. The number of amides is 2. The zero-order valence-electron chi connectivity index (χ0n) is 14.7. The van der Waals surface area contributed by atoms with Crippen LogP contribution in [0, 0.1) is 12.3 Å². The van der Waals surface area contributed by atoms with Gasteiger partial charge in [-0.2, -0.15) is 10.2 Å². The van der Waals surface area contributed by atoms with Crippen molar-refractivity contribution in [2.75, 3.05) is 10.6 Å². The molecule has 7 heteroatoms. The fourth-order valence-corrected chi connectivity index (χ4v) is 2.58. The van der Waals surface area contributed by atoms with E-state index in [9.17, 15) is 9.59 Å². The van der Waals surface area contributed by atoms with Crippen LogP contribution in [0.25, 0.3) is 0 Å². The number of rotatable bonds is 8. The number of benzene rings is 1. The highest BCUT2D eigenvalue weighted by molar-refractivity contribution is 6.05. The molecule has 1 aromatic heterocycles. The van der Waals surface area contributed by atoms with Gasteiger partial charge in [-0.15, -0.1) is 12.3 Å². The molecule has 0 fully saturated rings. The number of carbonyl (C=O) groups is 2. The van der Waals surface area contributed by atoms with Gasteiger partial charge in [0.05, 0.1) is 0 Å². The lowest BCUT2D eigenvalue weighted by Gasteiger charge is -2.10. The molecular weight excluding hydrogens is 342 g/mol. The Bertz CT molecular complexity index is 896. The van der Waals surface area contributed by atoms with Gasteiger partial charge in [-0.3, -0.25) is 14.6 Å². The minimum atomic E-state index is -0.476. The van der Waals surface area contributed by atoms with Crippen LogP contribution in [0.15, 0.2) is 59.0 Å². The van der Waals surface area contributed by atoms with Crippen LogP contribution in [-0.4, -0.2) is 22.5 Å². The number of anilines is 2. The number of nitrogens with zero attached hydrogens (tertiary/aromatic N) is 3. The van der Waals surface area contributed by atoms with E-state index in [1.54, 1.807) is 48.8 Å². The molecular formula is C20H19N5O2. The van der Waals surface area contributed by atoms with Crippen LogP contribution in [0.1, 0.15) is 36.0 Å². The van der Waals surface area contributed by atoms with Crippen molar-refractivity contribution >= 4 is 23.2 Å². The number of aromatic nitrogens is 1. The maximum Gasteiger partial charge on any atom is 0.255 e. The van der Waals surface area contributed by atoms with Crippen LogP contribution in [0.3, 0.4) is 0 Å². The van der Waals surface area contributed by atoms with Crippen molar-refractivity contribution in [1.29, 1.82) is 0 Å². The summed E-state index contributed by atoms with van der Waals surface area (Å²) in [7, 11) is 0. The molecule has 1 aliphatic heterocycles. The van der Waals surface area contributed by atoms with Crippen molar-refractivity contribution in [3.8, 4) is 12.3 Å². The maximum absolute atomic E-state index is 12.3. The van der Waals surface area contributed by atoms with Gasteiger partial charge in [0.25, 0.3) is 5.91 Å². The lowest BCUT2D eigenvalue weighted by Crippen LogP contribution is -2.18. The predicted molar refractivity (Wildman–Crippen MR) is 102 cm³/mol. The molecule has 0 bridgehead atoms. The Labute approximate surface area is 157 Å². The third kappa shape index (κ3) is 5.22. The normalized spacial score (nSPS) is 13.4. The monoisotopic (exact) mass is 361 g/mol. The first-order valence-corrected chi connectivity index (χ1v) is 8.59. The summed E-state index contributed by atoms with van der Waals surface area (Å²) < 4.78 is 0. The number of pyridine rings is 1. The first kappa shape index (κ1) is 18.3. The molecule has 0 saturated heterocycles. The standard InChI is InChI=1S/C20H19N5O2/c1-2-3-10-20(24-25-20)11-7-18(26)22-17-6-4-5-15(14-17)19(27)23-16-8-12-21-13-9-16/h1,4-6,8-9,12-14H,3,7,10-11H2,(H,22,26)(H,21,23,27). The van der Waals surface area contributed by atoms with Crippen LogP contribution in [0.2, 0.25) is 0 Å². The van der Waals surface area contributed by atoms with E-state index in [-0.39, 0.29) is 18.2 Å². The summed E-state index contributed by atoms with van der Waals surface area (Å²) in [5.41, 5.74) is 1.18. The average Bonchev–Trinajstić information content (AvgIpc) is 3.46. The lowest BCUT2D eigenvalue weighted by atomic mass is 10.0. The van der Waals surface area contributed by atoms with Crippen molar-refractivity contribution in [1.82, 2.24) is 4.98 Å². The largest absolute Gasteiger partial charge is 0.326 e. The first-order valence-electron chi connectivity index (χ1n) is 8.59. The molecule has 27 heavy (non-hydrogen) atoms. The third-order valence-electron chi connectivity index (χ3n) is 4.15. The molecule has 2 N–H and O–H groups in total. The molecule has 1 aromatic carbocycles. The molecule has 0 saturated carbocycles. The highest BCUT2D eigenvalue weighted by Gasteiger charge is 2.39. The zero-order chi connectivity index (χ0) is 19.1. The van der Waals surface area contributed by atoms with E-state index < -0.39 is 5.66 Å². The van der Waals surface area contributed by atoms with Gasteiger partial charge in [0.1, 0.15) is 0 Å². The zero-order valence-corrected chi connectivity index (χ0v) is 14.7. The molecule has 0 radical (unpaired) electrons. The number of nitrogens with one attached hydrogen (secondary N) is 2. The second-order valence-corrected chi connectivity index (χ2v) is 6.21. The molecule has 136 valence electrons. The molecule has 3 rings (SSSR count). The van der Waals surface area contributed by atoms with E-state index in [0.717, 1.165) is 0 Å². The third-order valence-corrected chi connectivity index (χ3v) is 4.15. The van der Waals surface area contributed by atoms with Crippen LogP contribution < -0.4 is 10.6 Å². The number of hydrogen-bond donors (Lipinski definition) is 2. The van der Waals surface area contributed by atoms with Crippen molar-refractivity contribution < 1.29 is 9.59 Å². The van der Waals surface area contributed by atoms with Gasteiger partial charge in [0.15, 0.2) is 5.66 Å². The Hall–Kier alpha value is -3.53. The number of hydrogen-bond acceptors (Lipinski definition) is 5. The summed E-state index contributed by atoms with van der Waals surface area (Å²) in [6.45, 7) is 0. The highest BCUT2D eigenvalue weighted by atomic mass is 16.2. The Balaban J connectivity index is 1.53. The second-order valence-electron chi connectivity index (χ2n) is 6.21. The molecule has 2 heterocycles. The summed E-state index contributed by atoms with van der Waals surface area (Å²) in [6, 6.07) is 10.2. The number of terminal acetylenes is 1. The molecule has 0 atom stereocenters. The van der Waals surface area contributed by atoms with Gasteiger partial charge in [-0.1, -0.05) is 6.07 Å². The quantitative estimate of drug-likeness (QED) is 0.703. The lowest BCUT2D eigenvalue weighted by molar-refractivity contribution is -0.116. The van der Waals surface area contributed by atoms with E-state index >= 15 is 0 Å². The topological polar surface area (TPSA) is 95.8 Å². The van der Waals surface area contributed by atoms with Gasteiger partial charge < -0.3 is 10.6 Å². The van der Waals surface area contributed by atoms with E-state index in [1.165, 1.54) is 0 Å². The first-order chi connectivity index (χ1) is 13.1. The Morgan fingerprint density at radius 1 is 1.04 bits per heavy atom. The molecule has 0 aliphatic carbocycles. The predicted octanol–water partition coefficient (Wildman–Crippen LogP) is 3.63. The number of carbonyl (C=O) groups excluding carboxylic acids is 2. The van der Waals surface area contributed by atoms with Gasteiger partial charge in [0.2, 0.25) is 5.91 Å². The fourth-order valence-electron chi connectivity index (χ4n) is 2.58. The van der Waals surface area contributed by atoms with Crippen molar-refractivity contribution in [3.05, 3.63) is 54.4 Å². The smallest absolute Gasteiger partial charge is 0.255 e. The van der Waals surface area contributed by atoms with Crippen molar-refractivity contribution in [2.45, 2.75) is 31.3 Å². The van der Waals surface area contributed by atoms with E-state index in [1.807, 2.05) is 0 Å². The SMILES string of the molecule is C#CCCC1(CCC(=O)Nc2cccc(C(=O)Nc3ccncc3)c2)N=N1. The van der Waals surface area contributed by atoms with Crippen molar-refractivity contribution in [2.24, 2.45) is 10.2 Å². The van der Waals surface area contributed by atoms with Crippen LogP contribution in [0.5, 0.6) is 0 Å². The molecule has 0 unspecified atom stereocenters. The van der Waals surface area contributed by atoms with E-state index in [0.29, 0.717) is 36.2 Å². The van der Waals surface area contributed by atoms with Gasteiger partial charge in [-0.05, 0) is 30.3 Å². The molecule has 2 amide bonds. The van der Waals surface area contributed by atoms with E-state index in [4.69, 9.17) is 6.42 Å². The average molecular weight is 361 g/mol. The van der Waals surface area contributed by atoms with Gasteiger partial charge in [0, 0.05) is 55.0 Å². The highest BCUT2D eigenvalue weighted by Crippen LogP contribution is 2.37. The fraction of sp³-hybridized carbons (Fsp3) is 0.250. The summed E-state index contributed by atoms with van der Waals surface area (Å²) in [6.07, 6.45) is 10.5. The summed E-state index contributed by atoms with van der Waals surface area (Å²) in [4.78, 5) is 28.4.